The molecule has 2 N–H and O–H groups in total. The summed E-state index contributed by atoms with van der Waals surface area (Å²) in [5, 5.41) is 6.22. The first-order valence-electron chi connectivity index (χ1n) is 21.4. The topological polar surface area (TPSA) is 149 Å². The van der Waals surface area contributed by atoms with Gasteiger partial charge in [0, 0.05) is 111 Å². The van der Waals surface area contributed by atoms with E-state index in [1.165, 1.54) is 16.2 Å². The van der Waals surface area contributed by atoms with Gasteiger partial charge in [-0.3, -0.25) is 44.0 Å². The summed E-state index contributed by atoms with van der Waals surface area (Å²) in [4.78, 5) is 76.4. The molecule has 6 heterocycles. The van der Waals surface area contributed by atoms with Crippen LogP contribution in [0.25, 0.3) is 26.9 Å². The minimum atomic E-state index is -0.734. The molecule has 16 heteroatoms. The molecule has 2 aromatic carbocycles. The van der Waals surface area contributed by atoms with Crippen molar-refractivity contribution < 1.29 is 28.7 Å². The lowest BCUT2D eigenvalue weighted by atomic mass is 10.0. The Kier molecular flexibility index (Phi) is 11.2. The summed E-state index contributed by atoms with van der Waals surface area (Å²) >= 11 is 1.35. The molecule has 4 atom stereocenters. The zero-order valence-corrected chi connectivity index (χ0v) is 36.8. The maximum Gasteiger partial charge on any atom is 0.261 e. The highest BCUT2D eigenvalue weighted by atomic mass is 32.1. The number of ether oxygens (including phenoxy) is 2. The van der Waals surface area contributed by atoms with Crippen LogP contribution in [0.5, 0.6) is 11.5 Å². The highest BCUT2D eigenvalue weighted by Gasteiger charge is 2.45. The number of piperazine rings is 1. The summed E-state index contributed by atoms with van der Waals surface area (Å²) in [6, 6.07) is 11.3. The molecule has 1 saturated carbocycles. The third-order valence-electron chi connectivity index (χ3n) is 13.5. The molecule has 4 amide bonds. The van der Waals surface area contributed by atoms with Crippen LogP contribution < -0.4 is 30.6 Å². The van der Waals surface area contributed by atoms with E-state index in [0.29, 0.717) is 51.5 Å². The normalized spacial score (nSPS) is 22.9. The van der Waals surface area contributed by atoms with Gasteiger partial charge in [0.15, 0.2) is 0 Å². The number of methoxy groups -OCH3 is 2. The molecule has 0 spiro atoms. The van der Waals surface area contributed by atoms with Crippen molar-refractivity contribution in [1.82, 2.24) is 34.8 Å². The number of nitrogens with zero attached hydrogens (tertiary/aromatic N) is 6. The summed E-state index contributed by atoms with van der Waals surface area (Å²) in [6.45, 7) is 11.1. The lowest BCUT2D eigenvalue weighted by Gasteiger charge is -2.38. The maximum atomic E-state index is 13.8. The second-order valence-electron chi connectivity index (χ2n) is 17.5. The van der Waals surface area contributed by atoms with Crippen LogP contribution in [0, 0.1) is 5.92 Å². The standard InChI is InChI=1S/C46H54N8O7S/c1-26-31-8-7-29(20-32(31)46(59)54(26)37-9-10-41(55)48-43(37)56)52-14-11-51(12-15-52)13-16-53-23-28-17-30(53)21-36(28)47-44(57)40-22-33-42(62-40)34(25-50(4)45(33)58)27-18-38(60-5)35(24-49(2)3)39(19-27)61-6/h7-8,18-20,22,25,28,30,36-37H,1,9-17,21,23-24H2,2-6H3,(H,47,57)(H,48,55,56). The number of anilines is 1. The molecule has 4 fully saturated rings. The Morgan fingerprint density at radius 1 is 0.952 bits per heavy atom. The van der Waals surface area contributed by atoms with Gasteiger partial charge >= 0.3 is 0 Å². The Labute approximate surface area is 364 Å². The first-order chi connectivity index (χ1) is 29.8. The second kappa shape index (κ2) is 16.6. The SMILES string of the molecule is C=C1c2ccc(N3CCN(CCN4CC5CC4CC5NC(=O)c4cc5c(=O)n(C)cc(-c6cc(OC)c(CN(C)C)c(OC)c6)c5s4)CC3)cc2C(=O)N1C1CCC(=O)NC1=O. The Morgan fingerprint density at radius 2 is 1.69 bits per heavy atom. The van der Waals surface area contributed by atoms with E-state index in [9.17, 15) is 24.0 Å². The molecule has 0 radical (unpaired) electrons. The van der Waals surface area contributed by atoms with Gasteiger partial charge in [-0.1, -0.05) is 12.6 Å². The average Bonchev–Trinajstić information content (AvgIpc) is 4.04. The van der Waals surface area contributed by atoms with Gasteiger partial charge < -0.3 is 29.2 Å². The van der Waals surface area contributed by atoms with Gasteiger partial charge in [-0.25, -0.2) is 0 Å². The highest BCUT2D eigenvalue weighted by molar-refractivity contribution is 7.21. The van der Waals surface area contributed by atoms with Gasteiger partial charge in [-0.05, 0) is 75.2 Å². The largest absolute Gasteiger partial charge is 0.496 e. The molecule has 15 nitrogen and oxygen atoms in total. The van der Waals surface area contributed by atoms with Crippen molar-refractivity contribution >= 4 is 56.4 Å². The molecule has 9 rings (SSSR count). The fraction of sp³-hybridized carbons (Fsp3) is 0.457. The number of benzene rings is 2. The summed E-state index contributed by atoms with van der Waals surface area (Å²) in [5.74, 6) is 0.611. The van der Waals surface area contributed by atoms with E-state index in [1.807, 2.05) is 50.6 Å². The molecular formula is C46H54N8O7S. The third kappa shape index (κ3) is 7.56. The lowest BCUT2D eigenvalue weighted by Crippen LogP contribution is -2.52. The van der Waals surface area contributed by atoms with Crippen LogP contribution in [0.2, 0.25) is 0 Å². The highest BCUT2D eigenvalue weighted by Crippen LogP contribution is 2.42. The number of piperidine rings is 2. The number of carbonyl (C=O) groups excluding carboxylic acids is 4. The molecule has 2 bridgehead atoms. The maximum absolute atomic E-state index is 13.8. The van der Waals surface area contributed by atoms with Crippen molar-refractivity contribution in [1.29, 1.82) is 0 Å². The number of amides is 4. The molecule has 1 aliphatic carbocycles. The summed E-state index contributed by atoms with van der Waals surface area (Å²) in [5.41, 5.74) is 5.21. The molecule has 2 aromatic heterocycles. The van der Waals surface area contributed by atoms with E-state index < -0.39 is 11.9 Å². The van der Waals surface area contributed by atoms with E-state index in [1.54, 1.807) is 31.9 Å². The molecule has 4 aromatic rings. The monoisotopic (exact) mass is 862 g/mol. The van der Waals surface area contributed by atoms with Crippen LogP contribution in [0.3, 0.4) is 0 Å². The number of hydrogen-bond acceptors (Lipinski definition) is 12. The molecular weight excluding hydrogens is 809 g/mol. The Bertz CT molecular complexity index is 2530. The number of thiophene rings is 1. The van der Waals surface area contributed by atoms with E-state index in [4.69, 9.17) is 9.47 Å². The van der Waals surface area contributed by atoms with Crippen LogP contribution in [0.1, 0.15) is 56.8 Å². The van der Waals surface area contributed by atoms with Crippen molar-refractivity contribution in [3.05, 3.63) is 81.1 Å². The minimum Gasteiger partial charge on any atom is -0.496 e. The number of hydrogen-bond donors (Lipinski definition) is 2. The van der Waals surface area contributed by atoms with Crippen molar-refractivity contribution in [2.45, 2.75) is 50.4 Å². The molecule has 326 valence electrons. The Balaban J connectivity index is 0.789. The van der Waals surface area contributed by atoms with Crippen molar-refractivity contribution in [2.75, 3.05) is 79.0 Å². The molecule has 4 aliphatic heterocycles. The number of carbonyl (C=O) groups is 4. The predicted molar refractivity (Wildman–Crippen MR) is 239 cm³/mol. The van der Waals surface area contributed by atoms with Crippen LogP contribution in [0.15, 0.2) is 54.0 Å². The Hall–Kier alpha value is -5.55. The number of imide groups is 1. The molecule has 62 heavy (non-hydrogen) atoms. The zero-order valence-electron chi connectivity index (χ0n) is 36.0. The smallest absolute Gasteiger partial charge is 0.261 e. The van der Waals surface area contributed by atoms with Gasteiger partial charge in [-0.2, -0.15) is 0 Å². The van der Waals surface area contributed by atoms with Crippen LogP contribution in [-0.2, 0) is 23.2 Å². The van der Waals surface area contributed by atoms with Crippen molar-refractivity contribution in [3.8, 4) is 22.6 Å². The van der Waals surface area contributed by atoms with E-state index >= 15 is 0 Å². The third-order valence-corrected chi connectivity index (χ3v) is 14.6. The average molecular weight is 863 g/mol. The van der Waals surface area contributed by atoms with E-state index in [0.717, 1.165) is 91.3 Å². The van der Waals surface area contributed by atoms with Gasteiger partial charge in [0.25, 0.3) is 17.4 Å². The van der Waals surface area contributed by atoms with Crippen molar-refractivity contribution in [3.63, 3.8) is 0 Å². The lowest BCUT2D eigenvalue weighted by molar-refractivity contribution is -0.136. The van der Waals surface area contributed by atoms with E-state index in [2.05, 4.69) is 36.8 Å². The Morgan fingerprint density at radius 3 is 2.35 bits per heavy atom. The second-order valence-corrected chi connectivity index (χ2v) is 18.6. The van der Waals surface area contributed by atoms with Crippen LogP contribution in [0.4, 0.5) is 5.69 Å². The van der Waals surface area contributed by atoms with Gasteiger partial charge in [-0.15, -0.1) is 11.3 Å². The molecule has 3 saturated heterocycles. The summed E-state index contributed by atoms with van der Waals surface area (Å²) in [7, 11) is 9.00. The summed E-state index contributed by atoms with van der Waals surface area (Å²) < 4.78 is 13.9. The zero-order chi connectivity index (χ0) is 43.6. The van der Waals surface area contributed by atoms with E-state index in [-0.39, 0.29) is 42.2 Å². The van der Waals surface area contributed by atoms with Gasteiger partial charge in [0.05, 0.1) is 35.6 Å². The van der Waals surface area contributed by atoms with Crippen LogP contribution in [-0.4, -0.2) is 140 Å². The predicted octanol–water partition coefficient (Wildman–Crippen LogP) is 3.59. The number of aromatic nitrogens is 1. The fourth-order valence-corrected chi connectivity index (χ4v) is 11.3. The minimum absolute atomic E-state index is 0.0880. The molecule has 4 unspecified atom stereocenters. The molecule has 5 aliphatic rings. The van der Waals surface area contributed by atoms with Crippen LogP contribution >= 0.6 is 11.3 Å². The number of aryl methyl sites for hydroxylation is 1. The first kappa shape index (κ1) is 41.8. The number of nitrogens with one attached hydrogen (secondary N) is 2. The van der Waals surface area contributed by atoms with Crippen molar-refractivity contribution in [2.24, 2.45) is 13.0 Å². The fourth-order valence-electron chi connectivity index (χ4n) is 10.2. The van der Waals surface area contributed by atoms with Gasteiger partial charge in [0.1, 0.15) is 17.5 Å². The number of likely N-dealkylation sites (tertiary alicyclic amines) is 1. The number of pyridine rings is 1. The first-order valence-corrected chi connectivity index (χ1v) is 22.2. The van der Waals surface area contributed by atoms with Gasteiger partial charge in [0.2, 0.25) is 11.8 Å². The quantitative estimate of drug-likeness (QED) is 0.202. The summed E-state index contributed by atoms with van der Waals surface area (Å²) in [6.07, 6.45) is 4.28. The number of fused-ring (bicyclic) bond motifs is 4. The number of rotatable bonds is 12.